The van der Waals surface area contributed by atoms with Crippen LogP contribution in [0.1, 0.15) is 6.92 Å². The maximum atomic E-state index is 11.4. The molecular formula is C9H15N5O3. The number of nitro groups is 1. The van der Waals surface area contributed by atoms with Crippen LogP contribution in [0.25, 0.3) is 0 Å². The molecule has 17 heavy (non-hydrogen) atoms. The second-order valence-electron chi connectivity index (χ2n) is 3.33. The van der Waals surface area contributed by atoms with Gasteiger partial charge in [0.05, 0.1) is 17.4 Å². The summed E-state index contributed by atoms with van der Waals surface area (Å²) in [5, 5.41) is 19.7. The maximum Gasteiger partial charge on any atom is 0.389 e. The summed E-state index contributed by atoms with van der Waals surface area (Å²) < 4.78 is 1.24. The minimum Gasteiger partial charge on any atom is -0.358 e. The van der Waals surface area contributed by atoms with E-state index in [0.717, 1.165) is 6.54 Å². The summed E-state index contributed by atoms with van der Waals surface area (Å²) in [7, 11) is 0. The monoisotopic (exact) mass is 241 g/mol. The van der Waals surface area contributed by atoms with Gasteiger partial charge in [0.1, 0.15) is 6.54 Å². The molecule has 1 aromatic heterocycles. The average Bonchev–Trinajstić information content (AvgIpc) is 2.73. The second kappa shape index (κ2) is 6.59. The number of hydrogen-bond acceptors (Lipinski definition) is 5. The Labute approximate surface area is 98.1 Å². The highest BCUT2D eigenvalue weighted by molar-refractivity contribution is 5.75. The Kier molecular flexibility index (Phi) is 5.08. The Morgan fingerprint density at radius 1 is 1.59 bits per heavy atom. The van der Waals surface area contributed by atoms with E-state index in [0.29, 0.717) is 13.1 Å². The van der Waals surface area contributed by atoms with Gasteiger partial charge in [0.2, 0.25) is 5.91 Å². The summed E-state index contributed by atoms with van der Waals surface area (Å²) >= 11 is 0. The highest BCUT2D eigenvalue weighted by atomic mass is 16.6. The van der Waals surface area contributed by atoms with Crippen LogP contribution in [0.3, 0.4) is 0 Å². The van der Waals surface area contributed by atoms with Crippen LogP contribution < -0.4 is 10.6 Å². The van der Waals surface area contributed by atoms with Gasteiger partial charge in [0.25, 0.3) is 0 Å². The Bertz CT molecular complexity index is 390. The van der Waals surface area contributed by atoms with Crippen molar-refractivity contribution in [2.45, 2.75) is 13.5 Å². The number of rotatable bonds is 7. The molecule has 0 saturated heterocycles. The number of amides is 1. The highest BCUT2D eigenvalue weighted by Gasteiger charge is 2.12. The molecule has 0 spiro atoms. The molecular weight excluding hydrogens is 226 g/mol. The van der Waals surface area contributed by atoms with E-state index in [1.165, 1.54) is 16.9 Å². The van der Waals surface area contributed by atoms with Gasteiger partial charge in [-0.2, -0.15) is 4.68 Å². The fourth-order valence-electron chi connectivity index (χ4n) is 1.21. The molecule has 8 nitrogen and oxygen atoms in total. The smallest absolute Gasteiger partial charge is 0.358 e. The Hall–Kier alpha value is -1.96. The molecule has 0 aliphatic carbocycles. The number of nitrogens with one attached hydrogen (secondary N) is 2. The van der Waals surface area contributed by atoms with E-state index in [2.05, 4.69) is 15.7 Å². The summed E-state index contributed by atoms with van der Waals surface area (Å²) in [6.07, 6.45) is 1.40. The summed E-state index contributed by atoms with van der Waals surface area (Å²) in [5.74, 6) is -0.480. The summed E-state index contributed by atoms with van der Waals surface area (Å²) in [5.41, 5.74) is 0. The number of carbonyl (C=O) groups excluding carboxylic acids is 1. The summed E-state index contributed by atoms with van der Waals surface area (Å²) in [6, 6.07) is 1.26. The number of aromatic nitrogens is 2. The number of nitrogens with zero attached hydrogens (tertiary/aromatic N) is 3. The van der Waals surface area contributed by atoms with Crippen molar-refractivity contribution in [3.05, 3.63) is 22.4 Å². The van der Waals surface area contributed by atoms with Crippen LogP contribution in [0.2, 0.25) is 0 Å². The van der Waals surface area contributed by atoms with Crippen LogP contribution in [0.4, 0.5) is 5.82 Å². The van der Waals surface area contributed by atoms with Crippen molar-refractivity contribution in [1.29, 1.82) is 0 Å². The maximum absolute atomic E-state index is 11.4. The van der Waals surface area contributed by atoms with E-state index in [9.17, 15) is 14.9 Å². The summed E-state index contributed by atoms with van der Waals surface area (Å²) in [4.78, 5) is 21.2. The number of likely N-dealkylation sites (N-methyl/N-ethyl adjacent to an activating group) is 1. The van der Waals surface area contributed by atoms with Gasteiger partial charge in [-0.15, -0.1) is 0 Å². The first-order valence-corrected chi connectivity index (χ1v) is 5.28. The molecule has 1 heterocycles. The molecule has 2 N–H and O–H groups in total. The minimum atomic E-state index is -0.598. The Morgan fingerprint density at radius 2 is 2.35 bits per heavy atom. The lowest BCUT2D eigenvalue weighted by atomic mass is 10.5. The predicted octanol–water partition coefficient (Wildman–Crippen LogP) is -0.483. The fraction of sp³-hybridized carbons (Fsp3) is 0.556. The van der Waals surface area contributed by atoms with Crippen molar-refractivity contribution in [3.63, 3.8) is 0 Å². The molecule has 8 heteroatoms. The van der Waals surface area contributed by atoms with Crippen LogP contribution in [-0.2, 0) is 11.3 Å². The van der Waals surface area contributed by atoms with Crippen molar-refractivity contribution in [2.24, 2.45) is 0 Å². The molecule has 0 radical (unpaired) electrons. The zero-order chi connectivity index (χ0) is 12.7. The molecule has 1 rings (SSSR count). The third kappa shape index (κ3) is 4.60. The minimum absolute atomic E-state index is 0.0139. The molecule has 0 unspecified atom stereocenters. The van der Waals surface area contributed by atoms with Crippen LogP contribution in [0.15, 0.2) is 12.3 Å². The molecule has 1 amide bonds. The van der Waals surface area contributed by atoms with Gasteiger partial charge in [-0.3, -0.25) is 4.79 Å². The van der Waals surface area contributed by atoms with Crippen LogP contribution >= 0.6 is 0 Å². The molecule has 0 aromatic carbocycles. The van der Waals surface area contributed by atoms with Gasteiger partial charge in [0.15, 0.2) is 0 Å². The first-order chi connectivity index (χ1) is 8.13. The largest absolute Gasteiger partial charge is 0.389 e. The third-order valence-electron chi connectivity index (χ3n) is 1.99. The lowest BCUT2D eigenvalue weighted by molar-refractivity contribution is -0.389. The first kappa shape index (κ1) is 13.1. The van der Waals surface area contributed by atoms with Crippen molar-refractivity contribution in [3.8, 4) is 0 Å². The van der Waals surface area contributed by atoms with E-state index in [-0.39, 0.29) is 18.3 Å². The zero-order valence-electron chi connectivity index (χ0n) is 9.55. The quantitative estimate of drug-likeness (QED) is 0.381. The van der Waals surface area contributed by atoms with Gasteiger partial charge in [-0.05, 0) is 11.5 Å². The molecule has 1 aromatic rings. The lowest BCUT2D eigenvalue weighted by Gasteiger charge is -2.03. The molecule has 0 aliphatic rings. The van der Waals surface area contributed by atoms with Crippen molar-refractivity contribution in [1.82, 2.24) is 20.4 Å². The molecule has 0 fully saturated rings. The lowest BCUT2D eigenvalue weighted by Crippen LogP contribution is -2.34. The van der Waals surface area contributed by atoms with E-state index >= 15 is 0 Å². The van der Waals surface area contributed by atoms with Gasteiger partial charge in [-0.1, -0.05) is 6.92 Å². The standard InChI is InChI=1S/C9H15N5O3/c1-2-10-4-5-11-9(15)7-13-6-3-8(12-13)14(16)17/h3,6,10H,2,4-5,7H2,1H3,(H,11,15). The van der Waals surface area contributed by atoms with Gasteiger partial charge < -0.3 is 20.7 Å². The van der Waals surface area contributed by atoms with Crippen LogP contribution in [0, 0.1) is 10.1 Å². The van der Waals surface area contributed by atoms with Crippen molar-refractivity contribution in [2.75, 3.05) is 19.6 Å². The Balaban J connectivity index is 2.32. The molecule has 0 atom stereocenters. The topological polar surface area (TPSA) is 102 Å². The zero-order valence-corrected chi connectivity index (χ0v) is 9.55. The van der Waals surface area contributed by atoms with Crippen molar-refractivity contribution < 1.29 is 9.72 Å². The Morgan fingerprint density at radius 3 is 2.94 bits per heavy atom. The van der Waals surface area contributed by atoms with E-state index in [4.69, 9.17) is 0 Å². The predicted molar refractivity (Wildman–Crippen MR) is 60.4 cm³/mol. The van der Waals surface area contributed by atoms with Gasteiger partial charge in [0, 0.05) is 13.1 Å². The molecule has 0 bridgehead atoms. The SMILES string of the molecule is CCNCCNC(=O)Cn1ccc([N+](=O)[O-])n1. The molecule has 0 aliphatic heterocycles. The summed E-state index contributed by atoms with van der Waals surface area (Å²) in [6.45, 7) is 4.03. The van der Waals surface area contributed by atoms with Crippen molar-refractivity contribution >= 4 is 11.7 Å². The third-order valence-corrected chi connectivity index (χ3v) is 1.99. The number of hydrogen-bond donors (Lipinski definition) is 2. The molecule has 0 saturated carbocycles. The van der Waals surface area contributed by atoms with Crippen LogP contribution in [-0.4, -0.2) is 40.2 Å². The van der Waals surface area contributed by atoms with E-state index in [1.807, 2.05) is 6.92 Å². The first-order valence-electron chi connectivity index (χ1n) is 5.28. The van der Waals surface area contributed by atoms with Gasteiger partial charge >= 0.3 is 5.82 Å². The number of carbonyl (C=O) groups is 1. The van der Waals surface area contributed by atoms with E-state index < -0.39 is 4.92 Å². The van der Waals surface area contributed by atoms with Gasteiger partial charge in [-0.25, -0.2) is 0 Å². The van der Waals surface area contributed by atoms with E-state index in [1.54, 1.807) is 0 Å². The average molecular weight is 241 g/mol. The second-order valence-corrected chi connectivity index (χ2v) is 3.33. The van der Waals surface area contributed by atoms with Crippen LogP contribution in [0.5, 0.6) is 0 Å². The normalized spacial score (nSPS) is 10.2. The fourth-order valence-corrected chi connectivity index (χ4v) is 1.21. The molecule has 94 valence electrons. The highest BCUT2D eigenvalue weighted by Crippen LogP contribution is 2.04.